The number of nitrogens with zero attached hydrogens (tertiary/aromatic N) is 2. The average molecular weight is 409 g/mol. The van der Waals surface area contributed by atoms with Crippen molar-refractivity contribution in [1.82, 2.24) is 4.57 Å². The Hall–Kier alpha value is -1.96. The molecule has 1 amide bonds. The molecule has 0 N–H and O–H groups in total. The number of aromatic nitrogens is 1. The minimum Gasteiger partial charge on any atom is -0.496 e. The minimum atomic E-state index is -0.466. The fourth-order valence-corrected chi connectivity index (χ4v) is 4.30. The van der Waals surface area contributed by atoms with Crippen LogP contribution in [0.3, 0.4) is 0 Å². The van der Waals surface area contributed by atoms with Crippen LogP contribution >= 0.6 is 22.9 Å². The van der Waals surface area contributed by atoms with Crippen LogP contribution in [-0.4, -0.2) is 36.1 Å². The number of halogens is 1. The van der Waals surface area contributed by atoms with Crippen LogP contribution in [0.2, 0.25) is 5.02 Å². The third kappa shape index (κ3) is 4.31. The maximum absolute atomic E-state index is 12.8. The molecule has 1 aliphatic heterocycles. The van der Waals surface area contributed by atoms with Gasteiger partial charge in [0.05, 0.1) is 30.2 Å². The van der Waals surface area contributed by atoms with E-state index >= 15 is 0 Å². The highest BCUT2D eigenvalue weighted by Gasteiger charge is 2.21. The minimum absolute atomic E-state index is 0.0483. The first-order valence-corrected chi connectivity index (χ1v) is 9.85. The van der Waals surface area contributed by atoms with Gasteiger partial charge < -0.3 is 14.0 Å². The predicted molar refractivity (Wildman–Crippen MR) is 104 cm³/mol. The lowest BCUT2D eigenvalue weighted by atomic mass is 10.2. The molecule has 1 aromatic carbocycles. The molecule has 27 heavy (non-hydrogen) atoms. The Balaban J connectivity index is 2.06. The summed E-state index contributed by atoms with van der Waals surface area (Å²) in [6.45, 7) is 4.68. The van der Waals surface area contributed by atoms with E-state index in [0.717, 1.165) is 25.1 Å². The van der Waals surface area contributed by atoms with Crippen molar-refractivity contribution < 1.29 is 19.1 Å². The molecule has 0 aliphatic carbocycles. The Morgan fingerprint density at radius 3 is 2.85 bits per heavy atom. The predicted octanol–water partition coefficient (Wildman–Crippen LogP) is 3.64. The number of hydrogen-bond donors (Lipinski definition) is 0. The maximum Gasteiger partial charge on any atom is 0.283 e. The molecule has 6 nitrogen and oxygen atoms in total. The highest BCUT2D eigenvalue weighted by molar-refractivity contribution is 7.11. The van der Waals surface area contributed by atoms with Crippen LogP contribution in [0.25, 0.3) is 0 Å². The molecule has 1 atom stereocenters. The lowest BCUT2D eigenvalue weighted by Gasteiger charge is -2.12. The van der Waals surface area contributed by atoms with Crippen LogP contribution in [0, 0.1) is 6.92 Å². The van der Waals surface area contributed by atoms with Crippen LogP contribution < -0.4 is 9.54 Å². The fraction of sp³-hybridized carbons (Fsp3) is 0.421. The Kier molecular flexibility index (Phi) is 6.14. The summed E-state index contributed by atoms with van der Waals surface area (Å²) in [5.74, 6) is -0.112. The molecule has 0 radical (unpaired) electrons. The van der Waals surface area contributed by atoms with Gasteiger partial charge in [-0.05, 0) is 38.0 Å². The summed E-state index contributed by atoms with van der Waals surface area (Å²) in [5, 5.41) is 0.424. The van der Waals surface area contributed by atoms with E-state index in [-0.39, 0.29) is 17.5 Å². The number of ether oxygens (including phenoxy) is 2. The number of benzene rings is 1. The van der Waals surface area contributed by atoms with Gasteiger partial charge >= 0.3 is 0 Å². The summed E-state index contributed by atoms with van der Waals surface area (Å²) in [6, 6.07) is 4.81. The average Bonchev–Trinajstić information content (AvgIpc) is 3.25. The number of methoxy groups -OCH3 is 1. The Morgan fingerprint density at radius 2 is 2.22 bits per heavy atom. The van der Waals surface area contributed by atoms with Crippen molar-refractivity contribution >= 4 is 34.6 Å². The summed E-state index contributed by atoms with van der Waals surface area (Å²) in [7, 11) is 1.49. The normalized spacial score (nSPS) is 17.3. The topological polar surface area (TPSA) is 69.9 Å². The molecule has 1 aromatic heterocycles. The van der Waals surface area contributed by atoms with Crippen molar-refractivity contribution in [1.29, 1.82) is 0 Å². The van der Waals surface area contributed by atoms with Crippen molar-refractivity contribution in [3.63, 3.8) is 0 Å². The molecule has 0 saturated carbocycles. The second kappa shape index (κ2) is 8.37. The van der Waals surface area contributed by atoms with Gasteiger partial charge in [0.2, 0.25) is 0 Å². The van der Waals surface area contributed by atoms with E-state index in [1.54, 1.807) is 12.1 Å². The number of carbonyl (C=O) groups excluding carboxylic acids is 2. The molecule has 3 rings (SSSR count). The van der Waals surface area contributed by atoms with Gasteiger partial charge in [0.1, 0.15) is 5.75 Å². The van der Waals surface area contributed by atoms with Crippen LogP contribution in [0.1, 0.15) is 45.5 Å². The third-order valence-corrected chi connectivity index (χ3v) is 5.99. The Morgan fingerprint density at radius 1 is 1.44 bits per heavy atom. The Bertz CT molecular complexity index is 942. The number of carbonyl (C=O) groups is 2. The van der Waals surface area contributed by atoms with Gasteiger partial charge in [-0.3, -0.25) is 9.59 Å². The lowest BCUT2D eigenvalue weighted by molar-refractivity contribution is 0.0942. The van der Waals surface area contributed by atoms with Crippen molar-refractivity contribution in [2.75, 3.05) is 13.7 Å². The van der Waals surface area contributed by atoms with Crippen LogP contribution in [0.15, 0.2) is 23.2 Å². The second-order valence-electron chi connectivity index (χ2n) is 6.36. The lowest BCUT2D eigenvalue weighted by Crippen LogP contribution is -2.25. The maximum atomic E-state index is 12.8. The summed E-state index contributed by atoms with van der Waals surface area (Å²) in [5.41, 5.74) is 1.08. The zero-order valence-electron chi connectivity index (χ0n) is 15.5. The smallest absolute Gasteiger partial charge is 0.283 e. The van der Waals surface area contributed by atoms with Gasteiger partial charge in [-0.1, -0.05) is 22.9 Å². The zero-order chi connectivity index (χ0) is 19.6. The molecule has 1 aliphatic rings. The van der Waals surface area contributed by atoms with Gasteiger partial charge in [0.25, 0.3) is 5.91 Å². The highest BCUT2D eigenvalue weighted by Crippen LogP contribution is 2.24. The molecule has 0 spiro atoms. The molecule has 8 heteroatoms. The van der Waals surface area contributed by atoms with Gasteiger partial charge in [-0.25, -0.2) is 0 Å². The largest absolute Gasteiger partial charge is 0.496 e. The van der Waals surface area contributed by atoms with E-state index in [4.69, 9.17) is 21.1 Å². The number of rotatable bonds is 5. The van der Waals surface area contributed by atoms with Crippen molar-refractivity contribution in [2.45, 2.75) is 39.3 Å². The summed E-state index contributed by atoms with van der Waals surface area (Å²) >= 11 is 7.24. The zero-order valence-corrected chi connectivity index (χ0v) is 17.0. The first-order chi connectivity index (χ1) is 12.9. The SMILES string of the molecule is COc1ccc(Cl)cc1C(=O)N=c1sc(C(C)=O)c(C)n1C[C@H]1CCCO1. The van der Waals surface area contributed by atoms with E-state index < -0.39 is 5.91 Å². The number of Topliss-reactive ketones (excluding diaryl/α,β-unsaturated/α-hetero) is 1. The molecule has 144 valence electrons. The summed E-state index contributed by atoms with van der Waals surface area (Å²) < 4.78 is 12.9. The quantitative estimate of drug-likeness (QED) is 0.708. The van der Waals surface area contributed by atoms with Crippen LogP contribution in [-0.2, 0) is 11.3 Å². The first kappa shape index (κ1) is 19.8. The monoisotopic (exact) mass is 408 g/mol. The number of thiazole rings is 1. The van der Waals surface area contributed by atoms with Gasteiger partial charge in [-0.15, -0.1) is 0 Å². The van der Waals surface area contributed by atoms with E-state index in [9.17, 15) is 9.59 Å². The molecule has 1 fully saturated rings. The fourth-order valence-electron chi connectivity index (χ4n) is 3.10. The van der Waals surface area contributed by atoms with E-state index in [1.165, 1.54) is 31.4 Å². The van der Waals surface area contributed by atoms with E-state index in [0.29, 0.717) is 27.0 Å². The van der Waals surface area contributed by atoms with Gasteiger partial charge in [0.15, 0.2) is 10.6 Å². The molecule has 2 aromatic rings. The van der Waals surface area contributed by atoms with E-state index in [1.807, 2.05) is 11.5 Å². The van der Waals surface area contributed by atoms with Gasteiger partial charge in [-0.2, -0.15) is 4.99 Å². The number of hydrogen-bond acceptors (Lipinski definition) is 5. The molecular formula is C19H21ClN2O4S. The molecular weight excluding hydrogens is 388 g/mol. The summed E-state index contributed by atoms with van der Waals surface area (Å²) in [6.07, 6.45) is 2.03. The van der Waals surface area contributed by atoms with Crippen molar-refractivity contribution in [3.8, 4) is 5.75 Å². The van der Waals surface area contributed by atoms with Crippen LogP contribution in [0.5, 0.6) is 5.75 Å². The van der Waals surface area contributed by atoms with Crippen molar-refractivity contribution in [3.05, 3.63) is 44.2 Å². The first-order valence-electron chi connectivity index (χ1n) is 8.66. The third-order valence-electron chi connectivity index (χ3n) is 4.48. The standard InChI is InChI=1S/C19H21ClN2O4S/c1-11-17(12(2)23)27-19(22(11)10-14-5-4-8-26-14)21-18(24)15-9-13(20)6-7-16(15)25-3/h6-7,9,14H,4-5,8,10H2,1-3H3/t14-/m1/s1. The van der Waals surface area contributed by atoms with Crippen LogP contribution in [0.4, 0.5) is 0 Å². The van der Waals surface area contributed by atoms with E-state index in [2.05, 4.69) is 4.99 Å². The molecule has 2 heterocycles. The molecule has 0 bridgehead atoms. The van der Waals surface area contributed by atoms with Crippen molar-refractivity contribution in [2.24, 2.45) is 4.99 Å². The highest BCUT2D eigenvalue weighted by atomic mass is 35.5. The number of ketones is 1. The second-order valence-corrected chi connectivity index (χ2v) is 7.78. The summed E-state index contributed by atoms with van der Waals surface area (Å²) in [4.78, 5) is 30.1. The van der Waals surface area contributed by atoms with Gasteiger partial charge in [0, 0.05) is 24.2 Å². The number of amides is 1. The Labute approximate surface area is 166 Å². The molecule has 0 unspecified atom stereocenters. The molecule has 1 saturated heterocycles.